The fourth-order valence-electron chi connectivity index (χ4n) is 3.14. The molecule has 0 bridgehead atoms. The van der Waals surface area contributed by atoms with E-state index >= 15 is 0 Å². The SMILES string of the molecule is CCN(C(=O)C1CC1C(=O)Nc1cccc(C)c1C)c1ccccc1. The highest BCUT2D eigenvalue weighted by Crippen LogP contribution is 2.41. The number of anilines is 2. The molecule has 2 atom stereocenters. The summed E-state index contributed by atoms with van der Waals surface area (Å²) in [4.78, 5) is 27.0. The molecular formula is C21H24N2O2. The fraction of sp³-hybridized carbons (Fsp3) is 0.333. The normalized spacial score (nSPS) is 18.5. The van der Waals surface area contributed by atoms with Crippen molar-refractivity contribution in [3.8, 4) is 0 Å². The maximum atomic E-state index is 12.8. The number of nitrogens with one attached hydrogen (secondary N) is 1. The van der Waals surface area contributed by atoms with E-state index in [0.717, 1.165) is 22.5 Å². The number of amides is 2. The van der Waals surface area contributed by atoms with Gasteiger partial charge < -0.3 is 10.2 Å². The van der Waals surface area contributed by atoms with Crippen LogP contribution in [0.25, 0.3) is 0 Å². The van der Waals surface area contributed by atoms with Gasteiger partial charge in [0.2, 0.25) is 11.8 Å². The van der Waals surface area contributed by atoms with Crippen molar-refractivity contribution in [2.24, 2.45) is 11.8 Å². The van der Waals surface area contributed by atoms with E-state index in [1.54, 1.807) is 4.90 Å². The van der Waals surface area contributed by atoms with Crippen molar-refractivity contribution in [3.05, 3.63) is 59.7 Å². The fourth-order valence-corrected chi connectivity index (χ4v) is 3.14. The van der Waals surface area contributed by atoms with Crippen molar-refractivity contribution in [2.75, 3.05) is 16.8 Å². The predicted octanol–water partition coefficient (Wildman–Crippen LogP) is 3.93. The van der Waals surface area contributed by atoms with Crippen LogP contribution in [0, 0.1) is 25.7 Å². The second kappa shape index (κ2) is 7.09. The number of rotatable bonds is 5. The first-order chi connectivity index (χ1) is 12.0. The van der Waals surface area contributed by atoms with Crippen LogP contribution in [0.1, 0.15) is 24.5 Å². The lowest BCUT2D eigenvalue weighted by Gasteiger charge is -2.21. The molecule has 4 nitrogen and oxygen atoms in total. The number of benzene rings is 2. The summed E-state index contributed by atoms with van der Waals surface area (Å²) in [5.41, 5.74) is 3.93. The standard InChI is InChI=1S/C21H24N2O2/c1-4-23(16-10-6-5-7-11-16)21(25)18-13-17(18)20(24)22-19-12-8-9-14(2)15(19)3/h5-12,17-18H,4,13H2,1-3H3,(H,22,24). The van der Waals surface area contributed by atoms with Gasteiger partial charge in [0, 0.05) is 17.9 Å². The highest BCUT2D eigenvalue weighted by molar-refractivity contribution is 6.04. The Labute approximate surface area is 148 Å². The minimum atomic E-state index is -0.231. The molecule has 1 saturated carbocycles. The minimum absolute atomic E-state index is 0.0369. The molecule has 2 aromatic rings. The van der Waals surface area contributed by atoms with Crippen molar-refractivity contribution < 1.29 is 9.59 Å². The number of hydrogen-bond donors (Lipinski definition) is 1. The van der Waals surface area contributed by atoms with E-state index in [2.05, 4.69) is 5.32 Å². The number of nitrogens with zero attached hydrogens (tertiary/aromatic N) is 1. The highest BCUT2D eigenvalue weighted by Gasteiger charge is 2.49. The molecule has 25 heavy (non-hydrogen) atoms. The molecule has 0 heterocycles. The molecule has 2 amide bonds. The van der Waals surface area contributed by atoms with Gasteiger partial charge in [-0.3, -0.25) is 9.59 Å². The zero-order chi connectivity index (χ0) is 18.0. The van der Waals surface area contributed by atoms with E-state index in [-0.39, 0.29) is 23.7 Å². The van der Waals surface area contributed by atoms with Crippen molar-refractivity contribution in [3.63, 3.8) is 0 Å². The van der Waals surface area contributed by atoms with Crippen molar-refractivity contribution in [1.82, 2.24) is 0 Å². The third-order valence-corrected chi connectivity index (χ3v) is 4.96. The van der Waals surface area contributed by atoms with Gasteiger partial charge in [-0.15, -0.1) is 0 Å². The average Bonchev–Trinajstić information content (AvgIpc) is 3.41. The van der Waals surface area contributed by atoms with Gasteiger partial charge in [0.15, 0.2) is 0 Å². The summed E-state index contributed by atoms with van der Waals surface area (Å²) in [5, 5.41) is 2.98. The topological polar surface area (TPSA) is 49.4 Å². The van der Waals surface area contributed by atoms with Crippen LogP contribution >= 0.6 is 0 Å². The Hall–Kier alpha value is -2.62. The Kier molecular flexibility index (Phi) is 4.88. The van der Waals surface area contributed by atoms with Gasteiger partial charge >= 0.3 is 0 Å². The molecule has 0 aromatic heterocycles. The molecule has 0 saturated heterocycles. The molecule has 1 N–H and O–H groups in total. The first-order valence-corrected chi connectivity index (χ1v) is 8.76. The number of para-hydroxylation sites is 1. The molecule has 1 fully saturated rings. The average molecular weight is 336 g/mol. The van der Waals surface area contributed by atoms with Crippen LogP contribution in [0.5, 0.6) is 0 Å². The van der Waals surface area contributed by atoms with Crippen LogP contribution in [0.4, 0.5) is 11.4 Å². The lowest BCUT2D eigenvalue weighted by atomic mass is 10.1. The van der Waals surface area contributed by atoms with Gasteiger partial charge in [-0.25, -0.2) is 0 Å². The van der Waals surface area contributed by atoms with Crippen LogP contribution in [-0.4, -0.2) is 18.4 Å². The summed E-state index contributed by atoms with van der Waals surface area (Å²) in [7, 11) is 0. The first kappa shape index (κ1) is 17.2. The minimum Gasteiger partial charge on any atom is -0.326 e. The van der Waals surface area contributed by atoms with Crippen molar-refractivity contribution in [1.29, 1.82) is 0 Å². The van der Waals surface area contributed by atoms with Gasteiger partial charge in [0.25, 0.3) is 0 Å². The predicted molar refractivity (Wildman–Crippen MR) is 101 cm³/mol. The summed E-state index contributed by atoms with van der Waals surface area (Å²) in [5.74, 6) is -0.471. The summed E-state index contributed by atoms with van der Waals surface area (Å²) in [6.45, 7) is 6.57. The zero-order valence-corrected chi connectivity index (χ0v) is 15.0. The highest BCUT2D eigenvalue weighted by atomic mass is 16.2. The van der Waals surface area contributed by atoms with Crippen LogP contribution in [0.15, 0.2) is 48.5 Å². The van der Waals surface area contributed by atoms with E-state index in [1.165, 1.54) is 0 Å². The molecule has 3 rings (SSSR count). The van der Waals surface area contributed by atoms with E-state index in [4.69, 9.17) is 0 Å². The molecule has 0 radical (unpaired) electrons. The lowest BCUT2D eigenvalue weighted by molar-refractivity contribution is -0.123. The Morgan fingerprint density at radius 2 is 1.76 bits per heavy atom. The third kappa shape index (κ3) is 3.58. The Morgan fingerprint density at radius 3 is 2.44 bits per heavy atom. The quantitative estimate of drug-likeness (QED) is 0.899. The monoisotopic (exact) mass is 336 g/mol. The van der Waals surface area contributed by atoms with Gasteiger partial charge in [0.1, 0.15) is 0 Å². The smallest absolute Gasteiger partial charge is 0.230 e. The van der Waals surface area contributed by atoms with Gasteiger partial charge in [-0.2, -0.15) is 0 Å². The van der Waals surface area contributed by atoms with E-state index in [9.17, 15) is 9.59 Å². The zero-order valence-electron chi connectivity index (χ0n) is 15.0. The second-order valence-corrected chi connectivity index (χ2v) is 6.60. The summed E-state index contributed by atoms with van der Waals surface area (Å²) in [6.07, 6.45) is 0.624. The van der Waals surface area contributed by atoms with Crippen molar-refractivity contribution in [2.45, 2.75) is 27.2 Å². The molecule has 1 aliphatic carbocycles. The Balaban J connectivity index is 1.66. The summed E-state index contributed by atoms with van der Waals surface area (Å²) in [6, 6.07) is 15.5. The largest absolute Gasteiger partial charge is 0.326 e. The number of carbonyl (C=O) groups excluding carboxylic acids is 2. The molecule has 0 aliphatic heterocycles. The third-order valence-electron chi connectivity index (χ3n) is 4.96. The van der Waals surface area contributed by atoms with E-state index in [0.29, 0.717) is 13.0 Å². The number of carbonyl (C=O) groups is 2. The Morgan fingerprint density at radius 1 is 1.04 bits per heavy atom. The summed E-state index contributed by atoms with van der Waals surface area (Å²) < 4.78 is 0. The maximum absolute atomic E-state index is 12.8. The van der Waals surface area contributed by atoms with E-state index in [1.807, 2.05) is 69.3 Å². The molecule has 2 unspecified atom stereocenters. The molecule has 130 valence electrons. The maximum Gasteiger partial charge on any atom is 0.230 e. The van der Waals surface area contributed by atoms with Crippen molar-refractivity contribution >= 4 is 23.2 Å². The molecule has 0 spiro atoms. The lowest BCUT2D eigenvalue weighted by Crippen LogP contribution is -2.33. The van der Waals surface area contributed by atoms with Crippen LogP contribution in [0.3, 0.4) is 0 Å². The second-order valence-electron chi connectivity index (χ2n) is 6.60. The Bertz CT molecular complexity index is 786. The van der Waals surface area contributed by atoms with E-state index < -0.39 is 0 Å². The first-order valence-electron chi connectivity index (χ1n) is 8.76. The molecular weight excluding hydrogens is 312 g/mol. The van der Waals surface area contributed by atoms with Crippen LogP contribution < -0.4 is 10.2 Å². The van der Waals surface area contributed by atoms with Gasteiger partial charge in [-0.1, -0.05) is 30.3 Å². The summed E-state index contributed by atoms with van der Waals surface area (Å²) >= 11 is 0. The molecule has 1 aliphatic rings. The number of aryl methyl sites for hydroxylation is 1. The van der Waals surface area contributed by atoms with Gasteiger partial charge in [-0.05, 0) is 56.5 Å². The molecule has 2 aromatic carbocycles. The van der Waals surface area contributed by atoms with Crippen LogP contribution in [-0.2, 0) is 9.59 Å². The van der Waals surface area contributed by atoms with Gasteiger partial charge in [0.05, 0.1) is 11.8 Å². The van der Waals surface area contributed by atoms with Crippen LogP contribution in [0.2, 0.25) is 0 Å². The number of hydrogen-bond acceptors (Lipinski definition) is 2. The molecule has 4 heteroatoms.